The Bertz CT molecular complexity index is 697. The van der Waals surface area contributed by atoms with E-state index in [2.05, 4.69) is 12.8 Å². The van der Waals surface area contributed by atoms with Gasteiger partial charge in [-0.05, 0) is 62.7 Å². The zero-order chi connectivity index (χ0) is 17.8. The van der Waals surface area contributed by atoms with Crippen LogP contribution in [0.15, 0.2) is 11.1 Å². The lowest BCUT2D eigenvalue weighted by Gasteiger charge is -2.53. The highest BCUT2D eigenvalue weighted by atomic mass is 16.6. The molecule has 3 nitrogen and oxygen atoms in total. The van der Waals surface area contributed by atoms with Gasteiger partial charge in [-0.15, -0.1) is 6.42 Å². The molecule has 2 saturated carbocycles. The molecule has 0 aliphatic heterocycles. The second-order valence-electron chi connectivity index (χ2n) is 8.82. The number of fused-ring (bicyclic) bond motifs is 4. The van der Waals surface area contributed by atoms with Crippen LogP contribution in [-0.2, 0) is 14.3 Å². The third kappa shape index (κ3) is 2.33. The molecule has 0 aromatic rings. The van der Waals surface area contributed by atoms with E-state index >= 15 is 0 Å². The summed E-state index contributed by atoms with van der Waals surface area (Å²) >= 11 is 0. The van der Waals surface area contributed by atoms with Crippen LogP contribution in [0.2, 0.25) is 0 Å². The van der Waals surface area contributed by atoms with Crippen molar-refractivity contribution in [1.82, 2.24) is 0 Å². The van der Waals surface area contributed by atoms with Crippen molar-refractivity contribution in [3.63, 3.8) is 0 Å². The monoisotopic (exact) mass is 340 g/mol. The van der Waals surface area contributed by atoms with Crippen molar-refractivity contribution >= 4 is 11.8 Å². The summed E-state index contributed by atoms with van der Waals surface area (Å²) < 4.78 is 5.79. The number of hydrogen-bond acceptors (Lipinski definition) is 3. The summed E-state index contributed by atoms with van der Waals surface area (Å²) in [5.74, 6) is 4.84. The highest BCUT2D eigenvalue weighted by Gasteiger charge is 2.63. The molecule has 3 heteroatoms. The Morgan fingerprint density at radius 3 is 2.72 bits per heavy atom. The second-order valence-corrected chi connectivity index (χ2v) is 8.82. The first-order valence-electron chi connectivity index (χ1n) is 9.80. The molecule has 0 aromatic heterocycles. The van der Waals surface area contributed by atoms with Crippen LogP contribution in [0, 0.1) is 35.5 Å². The number of hydrogen-bond donors (Lipinski definition) is 0. The molecule has 4 aliphatic rings. The third-order valence-corrected chi connectivity index (χ3v) is 7.87. The molecule has 0 spiro atoms. The predicted octanol–water partition coefficient (Wildman–Crippen LogP) is 4.21. The molecule has 0 unspecified atom stereocenters. The summed E-state index contributed by atoms with van der Waals surface area (Å²) in [6.07, 6.45) is 14.5. The Labute approximate surface area is 150 Å². The topological polar surface area (TPSA) is 43.4 Å². The summed E-state index contributed by atoms with van der Waals surface area (Å²) in [6.45, 7) is 3.73. The summed E-state index contributed by atoms with van der Waals surface area (Å²) in [5.41, 5.74) is 2.20. The van der Waals surface area contributed by atoms with Gasteiger partial charge in [0.05, 0.1) is 0 Å². The minimum Gasteiger partial charge on any atom is -0.445 e. The standard InChI is InChI=1S/C22H28O3/c1-4-22(25-14(2)23)12-10-20-19-7-5-15-13-16(24)6-8-17(15)18(19)9-11-21(20,22)3/h1,18-20H,5-13H2,2-3H3/t18-,19-,20+,21+,22+/m1/s1. The van der Waals surface area contributed by atoms with E-state index < -0.39 is 5.60 Å². The molecule has 0 aromatic carbocycles. The zero-order valence-electron chi connectivity index (χ0n) is 15.4. The third-order valence-electron chi connectivity index (χ3n) is 7.87. The largest absolute Gasteiger partial charge is 0.445 e. The fourth-order valence-electron chi connectivity index (χ4n) is 6.73. The van der Waals surface area contributed by atoms with Crippen molar-refractivity contribution in [3.05, 3.63) is 11.1 Å². The average molecular weight is 340 g/mol. The first-order valence-corrected chi connectivity index (χ1v) is 9.80. The van der Waals surface area contributed by atoms with Crippen molar-refractivity contribution in [2.75, 3.05) is 0 Å². The smallest absolute Gasteiger partial charge is 0.304 e. The minimum atomic E-state index is -0.730. The highest BCUT2D eigenvalue weighted by Crippen LogP contribution is 2.65. The molecule has 0 saturated heterocycles. The molecular weight excluding hydrogens is 312 g/mol. The molecule has 2 fully saturated rings. The van der Waals surface area contributed by atoms with Gasteiger partial charge in [-0.25, -0.2) is 0 Å². The van der Waals surface area contributed by atoms with Crippen molar-refractivity contribution in [3.8, 4) is 12.3 Å². The molecule has 4 aliphatic carbocycles. The molecule has 0 bridgehead atoms. The predicted molar refractivity (Wildman–Crippen MR) is 95.5 cm³/mol. The first-order chi connectivity index (χ1) is 11.9. The summed E-state index contributed by atoms with van der Waals surface area (Å²) in [5, 5.41) is 0. The number of ketones is 1. The molecular formula is C22H28O3. The average Bonchev–Trinajstić information content (AvgIpc) is 2.87. The van der Waals surface area contributed by atoms with E-state index in [4.69, 9.17) is 11.2 Å². The number of carbonyl (C=O) groups excluding carboxylic acids is 2. The number of ether oxygens (including phenoxy) is 1. The number of terminal acetylenes is 1. The Morgan fingerprint density at radius 1 is 1.20 bits per heavy atom. The van der Waals surface area contributed by atoms with E-state index in [-0.39, 0.29) is 11.4 Å². The van der Waals surface area contributed by atoms with Gasteiger partial charge in [0.1, 0.15) is 5.78 Å². The van der Waals surface area contributed by atoms with Crippen molar-refractivity contribution < 1.29 is 14.3 Å². The van der Waals surface area contributed by atoms with Crippen LogP contribution < -0.4 is 0 Å². The van der Waals surface area contributed by atoms with E-state index in [0.29, 0.717) is 30.0 Å². The highest BCUT2D eigenvalue weighted by molar-refractivity contribution is 5.82. The van der Waals surface area contributed by atoms with Crippen molar-refractivity contribution in [1.29, 1.82) is 0 Å². The van der Waals surface area contributed by atoms with Gasteiger partial charge < -0.3 is 4.74 Å². The van der Waals surface area contributed by atoms with Gasteiger partial charge in [-0.3, -0.25) is 9.59 Å². The Hall–Kier alpha value is -1.56. The molecule has 0 heterocycles. The summed E-state index contributed by atoms with van der Waals surface area (Å²) in [6, 6.07) is 0. The van der Waals surface area contributed by atoms with Crippen molar-refractivity contribution in [2.45, 2.75) is 77.2 Å². The first kappa shape index (κ1) is 16.9. The number of esters is 1. The van der Waals surface area contributed by atoms with E-state index in [1.165, 1.54) is 12.5 Å². The maximum atomic E-state index is 11.8. The van der Waals surface area contributed by atoms with Crippen LogP contribution in [0.4, 0.5) is 0 Å². The van der Waals surface area contributed by atoms with E-state index in [9.17, 15) is 9.59 Å². The van der Waals surface area contributed by atoms with Crippen LogP contribution in [0.1, 0.15) is 71.6 Å². The lowest BCUT2D eigenvalue weighted by Crippen LogP contribution is -2.52. The molecule has 25 heavy (non-hydrogen) atoms. The number of rotatable bonds is 1. The lowest BCUT2D eigenvalue weighted by atomic mass is 9.52. The molecule has 0 radical (unpaired) electrons. The number of carbonyl (C=O) groups is 2. The minimum absolute atomic E-state index is 0.114. The van der Waals surface area contributed by atoms with Gasteiger partial charge in [0, 0.05) is 25.2 Å². The van der Waals surface area contributed by atoms with Gasteiger partial charge in [-0.1, -0.05) is 24.0 Å². The molecule has 5 atom stereocenters. The van der Waals surface area contributed by atoms with Crippen LogP contribution in [0.25, 0.3) is 0 Å². The SMILES string of the molecule is C#C[C@]1(OC(C)=O)CC[C@H]2[C@@H]3CCC4=C(CCC(=O)C4)[C@H]3CC[C@@]21C. The zero-order valence-corrected chi connectivity index (χ0v) is 15.4. The second kappa shape index (κ2) is 5.73. The fraction of sp³-hybridized carbons (Fsp3) is 0.727. The van der Waals surface area contributed by atoms with Crippen LogP contribution >= 0.6 is 0 Å². The van der Waals surface area contributed by atoms with E-state index in [0.717, 1.165) is 51.4 Å². The molecule has 134 valence electrons. The maximum absolute atomic E-state index is 11.8. The Balaban J connectivity index is 1.66. The quantitative estimate of drug-likeness (QED) is 0.408. The van der Waals surface area contributed by atoms with Gasteiger partial charge in [0.15, 0.2) is 5.60 Å². The van der Waals surface area contributed by atoms with Gasteiger partial charge >= 0.3 is 5.97 Å². The normalized spacial score (nSPS) is 42.9. The van der Waals surface area contributed by atoms with Crippen molar-refractivity contribution in [2.24, 2.45) is 23.2 Å². The Kier molecular flexibility index (Phi) is 3.87. The molecule has 0 N–H and O–H groups in total. The molecule has 4 rings (SSSR count). The van der Waals surface area contributed by atoms with Crippen LogP contribution in [0.3, 0.4) is 0 Å². The van der Waals surface area contributed by atoms with Crippen LogP contribution in [0.5, 0.6) is 0 Å². The van der Waals surface area contributed by atoms with E-state index in [1.807, 2.05) is 0 Å². The number of allylic oxidation sites excluding steroid dienone is 2. The molecule has 0 amide bonds. The Morgan fingerprint density at radius 2 is 2.00 bits per heavy atom. The number of Topliss-reactive ketones (excluding diaryl/α,β-unsaturated/α-hetero) is 1. The van der Waals surface area contributed by atoms with Gasteiger partial charge in [0.25, 0.3) is 0 Å². The fourth-order valence-corrected chi connectivity index (χ4v) is 6.73. The van der Waals surface area contributed by atoms with Gasteiger partial charge in [-0.2, -0.15) is 0 Å². The van der Waals surface area contributed by atoms with Gasteiger partial charge in [0.2, 0.25) is 0 Å². The maximum Gasteiger partial charge on any atom is 0.304 e. The summed E-state index contributed by atoms with van der Waals surface area (Å²) in [4.78, 5) is 23.6. The van der Waals surface area contributed by atoms with E-state index in [1.54, 1.807) is 5.57 Å². The van der Waals surface area contributed by atoms with Crippen LogP contribution in [-0.4, -0.2) is 17.4 Å². The lowest BCUT2D eigenvalue weighted by molar-refractivity contribution is -0.166. The summed E-state index contributed by atoms with van der Waals surface area (Å²) in [7, 11) is 0.